The normalized spacial score (nSPS) is 19.2. The van der Waals surface area contributed by atoms with Crippen LogP contribution in [0.2, 0.25) is 0 Å². The molecule has 1 aromatic carbocycles. The lowest BCUT2D eigenvalue weighted by Crippen LogP contribution is -2.36. The average Bonchev–Trinajstić information content (AvgIpc) is 2.47. The Morgan fingerprint density at radius 1 is 1.45 bits per heavy atom. The molecule has 0 spiro atoms. The van der Waals surface area contributed by atoms with Crippen molar-refractivity contribution in [3.8, 4) is 0 Å². The van der Waals surface area contributed by atoms with E-state index in [-0.39, 0.29) is 11.8 Å². The lowest BCUT2D eigenvalue weighted by Gasteiger charge is -2.24. The van der Waals surface area contributed by atoms with Crippen LogP contribution in [-0.4, -0.2) is 37.4 Å². The summed E-state index contributed by atoms with van der Waals surface area (Å²) in [5.74, 6) is 0.161. The number of amides is 1. The minimum atomic E-state index is -0.507. The number of aliphatic hydroxyl groups excluding tert-OH is 1. The van der Waals surface area contributed by atoms with Gasteiger partial charge in [-0.3, -0.25) is 4.79 Å². The summed E-state index contributed by atoms with van der Waals surface area (Å²) in [6, 6.07) is 8.33. The fourth-order valence-electron chi connectivity index (χ4n) is 2.70. The summed E-state index contributed by atoms with van der Waals surface area (Å²) in [5.41, 5.74) is 2.66. The highest BCUT2D eigenvalue weighted by Crippen LogP contribution is 2.25. The maximum Gasteiger partial charge on any atom is 0.223 e. The molecular formula is C16H23NO3. The molecule has 1 aliphatic carbocycles. The van der Waals surface area contributed by atoms with Gasteiger partial charge in [0.25, 0.3) is 0 Å². The van der Waals surface area contributed by atoms with E-state index in [9.17, 15) is 9.90 Å². The van der Waals surface area contributed by atoms with E-state index in [1.54, 1.807) is 7.11 Å². The molecule has 2 rings (SSSR count). The predicted octanol–water partition coefficient (Wildman–Crippen LogP) is 1.31. The van der Waals surface area contributed by atoms with Crippen LogP contribution in [0.1, 0.15) is 24.0 Å². The fourth-order valence-corrected chi connectivity index (χ4v) is 2.70. The Morgan fingerprint density at radius 3 is 2.95 bits per heavy atom. The van der Waals surface area contributed by atoms with E-state index in [1.165, 1.54) is 11.1 Å². The van der Waals surface area contributed by atoms with Crippen LogP contribution in [-0.2, 0) is 22.4 Å². The molecule has 0 radical (unpaired) electrons. The number of carbonyl (C=O) groups is 1. The second kappa shape index (κ2) is 7.41. The van der Waals surface area contributed by atoms with E-state index in [1.807, 2.05) is 6.07 Å². The molecule has 110 valence electrons. The molecule has 4 nitrogen and oxygen atoms in total. The molecule has 0 aliphatic heterocycles. The van der Waals surface area contributed by atoms with Crippen LogP contribution in [0.3, 0.4) is 0 Å². The second-order valence-electron chi connectivity index (χ2n) is 5.40. The lowest BCUT2D eigenvalue weighted by atomic mass is 9.83. The van der Waals surface area contributed by atoms with Gasteiger partial charge in [0, 0.05) is 19.6 Å². The number of benzene rings is 1. The number of fused-ring (bicyclic) bond motifs is 1. The molecule has 4 heteroatoms. The molecule has 1 aliphatic rings. The largest absolute Gasteiger partial charge is 0.391 e. The third-order valence-corrected chi connectivity index (χ3v) is 3.85. The van der Waals surface area contributed by atoms with Gasteiger partial charge in [-0.1, -0.05) is 24.3 Å². The van der Waals surface area contributed by atoms with E-state index in [2.05, 4.69) is 23.5 Å². The number of hydrogen-bond acceptors (Lipinski definition) is 3. The standard InChI is InChI=1S/C16H23NO3/c1-20-11-15(18)8-9-17-16(19)14-7-6-12-4-2-3-5-13(12)10-14/h2-5,14-15,18H,6-11H2,1H3,(H,17,19). The van der Waals surface area contributed by atoms with Gasteiger partial charge in [0.15, 0.2) is 0 Å². The molecule has 2 atom stereocenters. The molecule has 0 aromatic heterocycles. The van der Waals surface area contributed by atoms with Crippen LogP contribution in [0.5, 0.6) is 0 Å². The molecule has 0 bridgehead atoms. The Balaban J connectivity index is 1.77. The molecule has 0 fully saturated rings. The van der Waals surface area contributed by atoms with Gasteiger partial charge in [-0.05, 0) is 36.8 Å². The summed E-state index contributed by atoms with van der Waals surface area (Å²) in [4.78, 5) is 12.1. The van der Waals surface area contributed by atoms with Gasteiger partial charge in [0.2, 0.25) is 5.91 Å². The van der Waals surface area contributed by atoms with Crippen molar-refractivity contribution in [3.05, 3.63) is 35.4 Å². The van der Waals surface area contributed by atoms with Gasteiger partial charge < -0.3 is 15.2 Å². The summed E-state index contributed by atoms with van der Waals surface area (Å²) in [6.07, 6.45) is 2.72. The van der Waals surface area contributed by atoms with Crippen molar-refractivity contribution in [2.45, 2.75) is 31.8 Å². The number of aryl methyl sites for hydroxylation is 1. The molecule has 20 heavy (non-hydrogen) atoms. The van der Waals surface area contributed by atoms with Crippen molar-refractivity contribution in [2.75, 3.05) is 20.3 Å². The molecule has 0 saturated carbocycles. The topological polar surface area (TPSA) is 58.6 Å². The molecule has 0 saturated heterocycles. The van der Waals surface area contributed by atoms with Gasteiger partial charge in [0.1, 0.15) is 0 Å². The van der Waals surface area contributed by atoms with Gasteiger partial charge in [-0.25, -0.2) is 0 Å². The van der Waals surface area contributed by atoms with E-state index in [4.69, 9.17) is 4.74 Å². The van der Waals surface area contributed by atoms with Crippen molar-refractivity contribution >= 4 is 5.91 Å². The minimum absolute atomic E-state index is 0.0597. The number of aliphatic hydroxyl groups is 1. The van der Waals surface area contributed by atoms with E-state index < -0.39 is 6.10 Å². The zero-order chi connectivity index (χ0) is 14.4. The Bertz CT molecular complexity index is 447. The number of ether oxygens (including phenoxy) is 1. The van der Waals surface area contributed by atoms with E-state index >= 15 is 0 Å². The highest BCUT2D eigenvalue weighted by molar-refractivity contribution is 5.79. The molecular weight excluding hydrogens is 254 g/mol. The summed E-state index contributed by atoms with van der Waals surface area (Å²) < 4.78 is 4.85. The number of methoxy groups -OCH3 is 1. The van der Waals surface area contributed by atoms with Crippen LogP contribution in [0.4, 0.5) is 0 Å². The Hall–Kier alpha value is -1.39. The summed E-state index contributed by atoms with van der Waals surface area (Å²) in [7, 11) is 1.56. The average molecular weight is 277 g/mol. The van der Waals surface area contributed by atoms with Gasteiger partial charge in [-0.2, -0.15) is 0 Å². The molecule has 1 aromatic rings. The first-order valence-electron chi connectivity index (χ1n) is 7.22. The fraction of sp³-hybridized carbons (Fsp3) is 0.562. The van der Waals surface area contributed by atoms with Crippen LogP contribution >= 0.6 is 0 Å². The number of nitrogens with one attached hydrogen (secondary N) is 1. The monoisotopic (exact) mass is 277 g/mol. The number of hydrogen-bond donors (Lipinski definition) is 2. The van der Waals surface area contributed by atoms with E-state index in [0.717, 1.165) is 19.3 Å². The molecule has 1 amide bonds. The Kier molecular flexibility index (Phi) is 5.56. The molecule has 0 heterocycles. The van der Waals surface area contributed by atoms with Crippen molar-refractivity contribution in [1.82, 2.24) is 5.32 Å². The van der Waals surface area contributed by atoms with Crippen molar-refractivity contribution in [3.63, 3.8) is 0 Å². The number of carbonyl (C=O) groups excluding carboxylic acids is 1. The van der Waals surface area contributed by atoms with Crippen LogP contribution in [0.15, 0.2) is 24.3 Å². The number of rotatable bonds is 6. The van der Waals surface area contributed by atoms with Crippen LogP contribution in [0.25, 0.3) is 0 Å². The van der Waals surface area contributed by atoms with Crippen LogP contribution in [0, 0.1) is 5.92 Å². The first-order valence-corrected chi connectivity index (χ1v) is 7.22. The zero-order valence-corrected chi connectivity index (χ0v) is 12.0. The maximum atomic E-state index is 12.1. The first-order chi connectivity index (χ1) is 9.70. The Morgan fingerprint density at radius 2 is 2.20 bits per heavy atom. The van der Waals surface area contributed by atoms with Crippen molar-refractivity contribution < 1.29 is 14.6 Å². The van der Waals surface area contributed by atoms with Gasteiger partial charge >= 0.3 is 0 Å². The summed E-state index contributed by atoms with van der Waals surface area (Å²) in [6.45, 7) is 0.814. The van der Waals surface area contributed by atoms with Gasteiger partial charge in [-0.15, -0.1) is 0 Å². The van der Waals surface area contributed by atoms with Crippen molar-refractivity contribution in [1.29, 1.82) is 0 Å². The van der Waals surface area contributed by atoms with Crippen LogP contribution < -0.4 is 5.32 Å². The third kappa shape index (κ3) is 4.05. The lowest BCUT2D eigenvalue weighted by molar-refractivity contribution is -0.125. The van der Waals surface area contributed by atoms with E-state index in [0.29, 0.717) is 19.6 Å². The highest BCUT2D eigenvalue weighted by atomic mass is 16.5. The van der Waals surface area contributed by atoms with Gasteiger partial charge in [0.05, 0.1) is 12.7 Å². The SMILES string of the molecule is COCC(O)CCNC(=O)C1CCc2ccccc2C1. The zero-order valence-electron chi connectivity index (χ0n) is 12.0. The third-order valence-electron chi connectivity index (χ3n) is 3.85. The minimum Gasteiger partial charge on any atom is -0.391 e. The quantitative estimate of drug-likeness (QED) is 0.824. The second-order valence-corrected chi connectivity index (χ2v) is 5.40. The smallest absolute Gasteiger partial charge is 0.223 e. The summed E-state index contributed by atoms with van der Waals surface area (Å²) in [5, 5.41) is 12.4. The Labute approximate surface area is 120 Å². The molecule has 2 unspecified atom stereocenters. The van der Waals surface area contributed by atoms with Crippen molar-refractivity contribution in [2.24, 2.45) is 5.92 Å². The maximum absolute atomic E-state index is 12.1. The summed E-state index contributed by atoms with van der Waals surface area (Å²) >= 11 is 0. The molecule has 2 N–H and O–H groups in total. The highest BCUT2D eigenvalue weighted by Gasteiger charge is 2.24. The predicted molar refractivity (Wildman–Crippen MR) is 77.5 cm³/mol. The first kappa shape index (κ1) is 15.0.